The average molecular weight is 309 g/mol. The van der Waals surface area contributed by atoms with E-state index in [4.69, 9.17) is 11.6 Å². The van der Waals surface area contributed by atoms with Crippen molar-refractivity contribution in [2.45, 2.75) is 39.2 Å². The van der Waals surface area contributed by atoms with E-state index < -0.39 is 0 Å². The summed E-state index contributed by atoms with van der Waals surface area (Å²) in [5.74, 6) is -0.342. The molecule has 114 valence electrons. The molecule has 21 heavy (non-hydrogen) atoms. The van der Waals surface area contributed by atoms with E-state index >= 15 is 0 Å². The van der Waals surface area contributed by atoms with Crippen LogP contribution in [0.4, 0.5) is 5.69 Å². The molecule has 1 aliphatic rings. The second-order valence-corrected chi connectivity index (χ2v) is 6.02. The van der Waals surface area contributed by atoms with Gasteiger partial charge >= 0.3 is 0 Å². The molecule has 0 radical (unpaired) electrons. The lowest BCUT2D eigenvalue weighted by atomic mass is 10.1. The molecule has 2 amide bonds. The van der Waals surface area contributed by atoms with Crippen molar-refractivity contribution in [1.29, 1.82) is 0 Å². The molecule has 1 aromatic rings. The van der Waals surface area contributed by atoms with Crippen LogP contribution in [0, 0.1) is 5.92 Å². The van der Waals surface area contributed by atoms with Gasteiger partial charge in [0.1, 0.15) is 0 Å². The summed E-state index contributed by atoms with van der Waals surface area (Å²) in [6.45, 7) is 4.50. The molecule has 2 atom stereocenters. The fraction of sp³-hybridized carbons (Fsp3) is 0.500. The Hall–Kier alpha value is -1.55. The van der Waals surface area contributed by atoms with Crippen LogP contribution in [-0.4, -0.2) is 24.4 Å². The number of nitrogens with one attached hydrogen (secondary N) is 1. The van der Waals surface area contributed by atoms with E-state index in [1.54, 1.807) is 17.0 Å². The Labute approximate surface area is 130 Å². The molecular formula is C16H21ClN2O2. The molecule has 2 rings (SSSR count). The zero-order valence-electron chi connectivity index (χ0n) is 12.4. The topological polar surface area (TPSA) is 49.4 Å². The number of carbonyl (C=O) groups excluding carboxylic acids is 2. The molecule has 1 fully saturated rings. The molecule has 1 saturated heterocycles. The standard InChI is InChI=1S/C16H21ClN2O2/c1-3-5-11(2)18-16(21)12-8-15(20)19(10-12)14-7-4-6-13(17)9-14/h4,6-7,9,11-12H,3,5,8,10H2,1-2H3,(H,18,21). The summed E-state index contributed by atoms with van der Waals surface area (Å²) in [6.07, 6.45) is 2.24. The SMILES string of the molecule is CCCC(C)NC(=O)C1CC(=O)N(c2cccc(Cl)c2)C1. The van der Waals surface area contributed by atoms with Crippen molar-refractivity contribution in [3.05, 3.63) is 29.3 Å². The highest BCUT2D eigenvalue weighted by atomic mass is 35.5. The lowest BCUT2D eigenvalue weighted by Crippen LogP contribution is -2.38. The van der Waals surface area contributed by atoms with Gasteiger partial charge in [-0.2, -0.15) is 0 Å². The molecule has 4 nitrogen and oxygen atoms in total. The predicted molar refractivity (Wildman–Crippen MR) is 84.4 cm³/mol. The molecule has 1 N–H and O–H groups in total. The van der Waals surface area contributed by atoms with E-state index in [9.17, 15) is 9.59 Å². The van der Waals surface area contributed by atoms with E-state index in [1.165, 1.54) is 0 Å². The summed E-state index contributed by atoms with van der Waals surface area (Å²) in [5, 5.41) is 3.57. The van der Waals surface area contributed by atoms with Crippen LogP contribution in [0.3, 0.4) is 0 Å². The number of amides is 2. The van der Waals surface area contributed by atoms with Gasteiger partial charge in [0.05, 0.1) is 5.92 Å². The maximum absolute atomic E-state index is 12.2. The fourth-order valence-electron chi connectivity index (χ4n) is 2.64. The Morgan fingerprint density at radius 1 is 1.52 bits per heavy atom. The van der Waals surface area contributed by atoms with E-state index in [0.29, 0.717) is 11.6 Å². The minimum atomic E-state index is -0.282. The zero-order chi connectivity index (χ0) is 15.4. The molecule has 2 unspecified atom stereocenters. The van der Waals surface area contributed by atoms with Crippen LogP contribution in [-0.2, 0) is 9.59 Å². The Morgan fingerprint density at radius 3 is 2.95 bits per heavy atom. The van der Waals surface area contributed by atoms with Crippen molar-refractivity contribution in [2.75, 3.05) is 11.4 Å². The van der Waals surface area contributed by atoms with E-state index in [0.717, 1.165) is 18.5 Å². The van der Waals surface area contributed by atoms with Gasteiger partial charge in [-0.1, -0.05) is 31.0 Å². The fourth-order valence-corrected chi connectivity index (χ4v) is 2.83. The molecule has 0 spiro atoms. The van der Waals surface area contributed by atoms with Gasteiger partial charge in [0, 0.05) is 29.7 Å². The lowest BCUT2D eigenvalue weighted by Gasteiger charge is -2.18. The van der Waals surface area contributed by atoms with Gasteiger partial charge in [0.2, 0.25) is 11.8 Å². The van der Waals surface area contributed by atoms with Crippen molar-refractivity contribution < 1.29 is 9.59 Å². The second-order valence-electron chi connectivity index (χ2n) is 5.58. The third-order valence-electron chi connectivity index (χ3n) is 3.73. The maximum Gasteiger partial charge on any atom is 0.227 e. The van der Waals surface area contributed by atoms with Crippen LogP contribution in [0.1, 0.15) is 33.1 Å². The highest BCUT2D eigenvalue weighted by Crippen LogP contribution is 2.27. The van der Waals surface area contributed by atoms with Crippen LogP contribution in [0.5, 0.6) is 0 Å². The minimum absolute atomic E-state index is 0.0273. The number of halogens is 1. The largest absolute Gasteiger partial charge is 0.353 e. The van der Waals surface area contributed by atoms with Crippen LogP contribution >= 0.6 is 11.6 Å². The van der Waals surface area contributed by atoms with Crippen LogP contribution in [0.2, 0.25) is 5.02 Å². The van der Waals surface area contributed by atoms with Crippen LogP contribution < -0.4 is 10.2 Å². The molecule has 1 aromatic carbocycles. The van der Waals surface area contributed by atoms with Crippen molar-refractivity contribution in [2.24, 2.45) is 5.92 Å². The Balaban J connectivity index is 2.01. The number of hydrogen-bond acceptors (Lipinski definition) is 2. The van der Waals surface area contributed by atoms with Crippen molar-refractivity contribution in [1.82, 2.24) is 5.32 Å². The van der Waals surface area contributed by atoms with Crippen molar-refractivity contribution >= 4 is 29.1 Å². The van der Waals surface area contributed by atoms with Crippen LogP contribution in [0.15, 0.2) is 24.3 Å². The average Bonchev–Trinajstić information content (AvgIpc) is 2.81. The Bertz CT molecular complexity index is 533. The van der Waals surface area contributed by atoms with Gasteiger partial charge in [-0.25, -0.2) is 0 Å². The molecule has 0 saturated carbocycles. The number of anilines is 1. The second kappa shape index (κ2) is 6.94. The van der Waals surface area contributed by atoms with Gasteiger partial charge in [-0.15, -0.1) is 0 Å². The number of rotatable bonds is 5. The molecule has 1 aliphatic heterocycles. The quantitative estimate of drug-likeness (QED) is 0.909. The van der Waals surface area contributed by atoms with Crippen LogP contribution in [0.25, 0.3) is 0 Å². The number of benzene rings is 1. The summed E-state index contributed by atoms with van der Waals surface area (Å²) in [7, 11) is 0. The molecule has 0 bridgehead atoms. The Morgan fingerprint density at radius 2 is 2.29 bits per heavy atom. The normalized spacial score (nSPS) is 19.7. The first-order chi connectivity index (χ1) is 10.0. The number of carbonyl (C=O) groups is 2. The summed E-state index contributed by atoms with van der Waals surface area (Å²) in [4.78, 5) is 26.0. The molecule has 0 aromatic heterocycles. The third-order valence-corrected chi connectivity index (χ3v) is 3.96. The van der Waals surface area contributed by atoms with E-state index in [-0.39, 0.29) is 30.2 Å². The number of hydrogen-bond donors (Lipinski definition) is 1. The first-order valence-corrected chi connectivity index (χ1v) is 7.75. The van der Waals surface area contributed by atoms with Gasteiger partial charge in [-0.05, 0) is 31.5 Å². The maximum atomic E-state index is 12.2. The summed E-state index contributed by atoms with van der Waals surface area (Å²) >= 11 is 5.96. The monoisotopic (exact) mass is 308 g/mol. The molecule has 5 heteroatoms. The number of nitrogens with zero attached hydrogens (tertiary/aromatic N) is 1. The first kappa shape index (κ1) is 15.8. The molecule has 1 heterocycles. The minimum Gasteiger partial charge on any atom is -0.353 e. The van der Waals surface area contributed by atoms with E-state index in [1.807, 2.05) is 19.1 Å². The summed E-state index contributed by atoms with van der Waals surface area (Å²) in [5.41, 5.74) is 0.754. The van der Waals surface area contributed by atoms with Gasteiger partial charge in [-0.3, -0.25) is 9.59 Å². The predicted octanol–water partition coefficient (Wildman–Crippen LogP) is 3.00. The molecular weight excluding hydrogens is 288 g/mol. The first-order valence-electron chi connectivity index (χ1n) is 7.37. The smallest absolute Gasteiger partial charge is 0.227 e. The lowest BCUT2D eigenvalue weighted by molar-refractivity contribution is -0.126. The Kier molecular flexibility index (Phi) is 5.23. The summed E-state index contributed by atoms with van der Waals surface area (Å²) < 4.78 is 0. The van der Waals surface area contributed by atoms with E-state index in [2.05, 4.69) is 12.2 Å². The van der Waals surface area contributed by atoms with Gasteiger partial charge < -0.3 is 10.2 Å². The summed E-state index contributed by atoms with van der Waals surface area (Å²) in [6, 6.07) is 7.31. The van der Waals surface area contributed by atoms with Crippen molar-refractivity contribution in [3.8, 4) is 0 Å². The highest BCUT2D eigenvalue weighted by Gasteiger charge is 2.35. The zero-order valence-corrected chi connectivity index (χ0v) is 13.2. The van der Waals surface area contributed by atoms with Gasteiger partial charge in [0.15, 0.2) is 0 Å². The van der Waals surface area contributed by atoms with Crippen molar-refractivity contribution in [3.63, 3.8) is 0 Å². The third kappa shape index (κ3) is 3.97. The highest BCUT2D eigenvalue weighted by molar-refractivity contribution is 6.30. The molecule has 0 aliphatic carbocycles. The van der Waals surface area contributed by atoms with Gasteiger partial charge in [0.25, 0.3) is 0 Å².